The number of aromatic nitrogens is 4. The first-order valence-electron chi connectivity index (χ1n) is 10.7. The zero-order valence-electron chi connectivity index (χ0n) is 17.8. The predicted molar refractivity (Wildman–Crippen MR) is 117 cm³/mol. The Kier molecular flexibility index (Phi) is 5.71. The molecule has 8 nitrogen and oxygen atoms in total. The van der Waals surface area contributed by atoms with Crippen LogP contribution in [0.25, 0.3) is 5.69 Å². The number of hydrogen-bond acceptors (Lipinski definition) is 7. The molecule has 0 radical (unpaired) electrons. The van der Waals surface area contributed by atoms with Crippen molar-refractivity contribution >= 4 is 17.6 Å². The van der Waals surface area contributed by atoms with E-state index >= 15 is 0 Å². The van der Waals surface area contributed by atoms with Gasteiger partial charge >= 0.3 is 0 Å². The van der Waals surface area contributed by atoms with E-state index in [1.54, 1.807) is 12.1 Å². The van der Waals surface area contributed by atoms with Crippen LogP contribution in [-0.4, -0.2) is 70.1 Å². The van der Waals surface area contributed by atoms with Gasteiger partial charge in [-0.2, -0.15) is 4.98 Å². The first-order chi connectivity index (χ1) is 15.5. The Labute approximate surface area is 184 Å². The molecule has 2 fully saturated rings. The first-order valence-corrected chi connectivity index (χ1v) is 10.7. The van der Waals surface area contributed by atoms with Gasteiger partial charge in [0.05, 0.1) is 18.9 Å². The topological polar surface area (TPSA) is 71.3 Å². The molecule has 2 saturated heterocycles. The van der Waals surface area contributed by atoms with Crippen molar-refractivity contribution in [2.45, 2.75) is 19.4 Å². The summed E-state index contributed by atoms with van der Waals surface area (Å²) in [5, 5.41) is 7.50. The number of hydrogen-bond donors (Lipinski definition) is 1. The molecule has 4 heterocycles. The van der Waals surface area contributed by atoms with E-state index in [0.717, 1.165) is 50.8 Å². The van der Waals surface area contributed by atoms with Crippen LogP contribution in [0.5, 0.6) is 0 Å². The standard InChI is InChI=1S/C22H25F2N7O/c1-15-9-19(26-20(10-15)30-12-18(13-30)29-5-7-32-8-6-29)27-22-25-14-31(28-22)17-4-2-3-16(11-17)21(23)24/h2-4,9-11,14,18,21H,5-8,12-13H2,1H3,(H,26,27,28). The van der Waals surface area contributed by atoms with Gasteiger partial charge in [-0.25, -0.2) is 18.4 Å². The van der Waals surface area contributed by atoms with Gasteiger partial charge in [0.25, 0.3) is 6.43 Å². The molecular formula is C22H25F2N7O. The van der Waals surface area contributed by atoms with E-state index in [1.807, 2.05) is 13.0 Å². The maximum Gasteiger partial charge on any atom is 0.263 e. The third-order valence-corrected chi connectivity index (χ3v) is 5.82. The lowest BCUT2D eigenvalue weighted by atomic mass is 10.1. The Morgan fingerprint density at radius 2 is 1.94 bits per heavy atom. The summed E-state index contributed by atoms with van der Waals surface area (Å²) in [4.78, 5) is 13.7. The molecule has 2 aliphatic rings. The lowest BCUT2D eigenvalue weighted by Gasteiger charge is -2.47. The number of pyridine rings is 1. The molecule has 0 saturated carbocycles. The van der Waals surface area contributed by atoms with Gasteiger partial charge in [-0.1, -0.05) is 12.1 Å². The molecule has 168 valence electrons. The largest absolute Gasteiger partial charge is 0.379 e. The molecule has 0 bridgehead atoms. The number of nitrogens with one attached hydrogen (secondary N) is 1. The first kappa shape index (κ1) is 20.8. The van der Waals surface area contributed by atoms with Gasteiger partial charge in [0, 0.05) is 37.8 Å². The minimum Gasteiger partial charge on any atom is -0.379 e. The molecular weight excluding hydrogens is 416 g/mol. The van der Waals surface area contributed by atoms with E-state index in [9.17, 15) is 8.78 Å². The number of nitrogens with zero attached hydrogens (tertiary/aromatic N) is 6. The Morgan fingerprint density at radius 1 is 1.12 bits per heavy atom. The summed E-state index contributed by atoms with van der Waals surface area (Å²) in [7, 11) is 0. The second-order valence-electron chi connectivity index (χ2n) is 8.13. The number of morpholine rings is 1. The molecule has 2 aromatic heterocycles. The molecule has 32 heavy (non-hydrogen) atoms. The molecule has 1 aromatic carbocycles. The van der Waals surface area contributed by atoms with Crippen LogP contribution in [0.15, 0.2) is 42.7 Å². The molecule has 0 spiro atoms. The highest BCUT2D eigenvalue weighted by Gasteiger charge is 2.33. The van der Waals surface area contributed by atoms with Crippen molar-refractivity contribution in [1.82, 2.24) is 24.6 Å². The Morgan fingerprint density at radius 3 is 2.72 bits per heavy atom. The van der Waals surface area contributed by atoms with Crippen LogP contribution in [-0.2, 0) is 4.74 Å². The Hall–Kier alpha value is -3.11. The highest BCUT2D eigenvalue weighted by atomic mass is 19.3. The quantitative estimate of drug-likeness (QED) is 0.630. The van der Waals surface area contributed by atoms with E-state index in [1.165, 1.54) is 23.1 Å². The molecule has 5 rings (SSSR count). The lowest BCUT2D eigenvalue weighted by molar-refractivity contribution is 0.0104. The number of rotatable bonds is 6. The van der Waals surface area contributed by atoms with Gasteiger partial charge in [0.2, 0.25) is 5.95 Å². The summed E-state index contributed by atoms with van der Waals surface area (Å²) in [6, 6.07) is 10.6. The zero-order chi connectivity index (χ0) is 22.1. The van der Waals surface area contributed by atoms with Crippen molar-refractivity contribution in [3.63, 3.8) is 0 Å². The summed E-state index contributed by atoms with van der Waals surface area (Å²) in [5.74, 6) is 1.92. The molecule has 0 unspecified atom stereocenters. The van der Waals surface area contributed by atoms with Crippen molar-refractivity contribution in [2.75, 3.05) is 49.6 Å². The van der Waals surface area contributed by atoms with Crippen LogP contribution in [0.1, 0.15) is 17.6 Å². The zero-order valence-corrected chi connectivity index (χ0v) is 17.8. The van der Waals surface area contributed by atoms with Crippen molar-refractivity contribution in [3.8, 4) is 5.69 Å². The van der Waals surface area contributed by atoms with Crippen LogP contribution in [0.4, 0.5) is 26.4 Å². The van der Waals surface area contributed by atoms with Crippen LogP contribution in [0.2, 0.25) is 0 Å². The smallest absolute Gasteiger partial charge is 0.263 e. The van der Waals surface area contributed by atoms with Gasteiger partial charge in [-0.15, -0.1) is 5.10 Å². The number of halogens is 2. The number of ether oxygens (including phenoxy) is 1. The average molecular weight is 441 g/mol. The fourth-order valence-electron chi connectivity index (χ4n) is 4.05. The van der Waals surface area contributed by atoms with E-state index in [2.05, 4.69) is 31.3 Å². The molecule has 10 heteroatoms. The van der Waals surface area contributed by atoms with E-state index in [4.69, 9.17) is 9.72 Å². The Bertz CT molecular complexity index is 1080. The predicted octanol–water partition coefficient (Wildman–Crippen LogP) is 3.17. The summed E-state index contributed by atoms with van der Waals surface area (Å²) in [6.45, 7) is 7.50. The third-order valence-electron chi connectivity index (χ3n) is 5.82. The molecule has 0 atom stereocenters. The van der Waals surface area contributed by atoms with E-state index < -0.39 is 6.43 Å². The normalized spacial score (nSPS) is 17.6. The maximum atomic E-state index is 13.0. The summed E-state index contributed by atoms with van der Waals surface area (Å²) in [5.41, 5.74) is 1.55. The third kappa shape index (κ3) is 4.42. The highest BCUT2D eigenvalue weighted by Crippen LogP contribution is 2.26. The lowest BCUT2D eigenvalue weighted by Crippen LogP contribution is -2.61. The Balaban J connectivity index is 1.27. The van der Waals surface area contributed by atoms with Crippen LogP contribution in [0, 0.1) is 6.92 Å². The fraction of sp³-hybridized carbons (Fsp3) is 0.409. The minimum atomic E-state index is -2.53. The van der Waals surface area contributed by atoms with Gasteiger partial charge in [-0.05, 0) is 36.8 Å². The monoisotopic (exact) mass is 441 g/mol. The van der Waals surface area contributed by atoms with Crippen LogP contribution in [0.3, 0.4) is 0 Å². The average Bonchev–Trinajstić information content (AvgIpc) is 3.22. The maximum absolute atomic E-state index is 13.0. The fourth-order valence-corrected chi connectivity index (χ4v) is 4.05. The van der Waals surface area contributed by atoms with Gasteiger partial charge in [-0.3, -0.25) is 4.90 Å². The van der Waals surface area contributed by atoms with Crippen molar-refractivity contribution in [1.29, 1.82) is 0 Å². The number of anilines is 3. The van der Waals surface area contributed by atoms with E-state index in [-0.39, 0.29) is 5.56 Å². The SMILES string of the molecule is Cc1cc(Nc2ncn(-c3cccc(C(F)F)c3)n2)nc(N2CC(N3CCOCC3)C2)c1. The van der Waals surface area contributed by atoms with Gasteiger partial charge in [0.15, 0.2) is 0 Å². The number of aryl methyl sites for hydroxylation is 1. The molecule has 2 aliphatic heterocycles. The molecule has 0 aliphatic carbocycles. The second-order valence-corrected chi connectivity index (χ2v) is 8.13. The summed E-state index contributed by atoms with van der Waals surface area (Å²) in [6.07, 6.45) is -1.04. The van der Waals surface area contributed by atoms with Crippen LogP contribution < -0.4 is 10.2 Å². The van der Waals surface area contributed by atoms with Crippen molar-refractivity contribution in [2.24, 2.45) is 0 Å². The second kappa shape index (κ2) is 8.79. The van der Waals surface area contributed by atoms with Gasteiger partial charge < -0.3 is 15.0 Å². The minimum absolute atomic E-state index is 0.0533. The van der Waals surface area contributed by atoms with Crippen molar-refractivity contribution in [3.05, 3.63) is 53.9 Å². The number of alkyl halides is 2. The van der Waals surface area contributed by atoms with Crippen LogP contribution >= 0.6 is 0 Å². The summed E-state index contributed by atoms with van der Waals surface area (Å²) >= 11 is 0. The molecule has 1 N–H and O–H groups in total. The molecule has 3 aromatic rings. The molecule has 0 amide bonds. The number of benzene rings is 1. The van der Waals surface area contributed by atoms with Gasteiger partial charge in [0.1, 0.15) is 18.0 Å². The summed E-state index contributed by atoms with van der Waals surface area (Å²) < 4.78 is 32.9. The highest BCUT2D eigenvalue weighted by molar-refractivity contribution is 5.56. The van der Waals surface area contributed by atoms with E-state index in [0.29, 0.717) is 23.5 Å². The van der Waals surface area contributed by atoms with Crippen molar-refractivity contribution < 1.29 is 13.5 Å².